The Morgan fingerprint density at radius 3 is 2.52 bits per heavy atom. The maximum Gasteiger partial charge on any atom is 0.319 e. The number of ether oxygens (including phenoxy) is 1. The van der Waals surface area contributed by atoms with Gasteiger partial charge in [0.05, 0.1) is 13.2 Å². The third kappa shape index (κ3) is 5.32. The Balaban J connectivity index is 1.51. The highest BCUT2D eigenvalue weighted by Gasteiger charge is 2.13. The van der Waals surface area contributed by atoms with Crippen LogP contribution in [0, 0.1) is 0 Å². The lowest BCUT2D eigenvalue weighted by atomic mass is 10.1. The Bertz CT molecular complexity index is 863. The van der Waals surface area contributed by atoms with E-state index in [0.29, 0.717) is 18.8 Å². The quantitative estimate of drug-likeness (QED) is 0.561. The molecule has 27 heavy (non-hydrogen) atoms. The summed E-state index contributed by atoms with van der Waals surface area (Å²) in [4.78, 5) is 13.9. The first kappa shape index (κ1) is 18.9. The molecule has 140 valence electrons. The summed E-state index contributed by atoms with van der Waals surface area (Å²) in [5.74, 6) is 0.770. The van der Waals surface area contributed by atoms with Gasteiger partial charge in [-0.3, -0.25) is 0 Å². The minimum absolute atomic E-state index is 0.280. The molecular formula is C21H22N2O3S. The van der Waals surface area contributed by atoms with Gasteiger partial charge in [0.15, 0.2) is 0 Å². The Hall–Kier alpha value is -2.83. The van der Waals surface area contributed by atoms with Crippen molar-refractivity contribution in [3.63, 3.8) is 0 Å². The molecule has 0 radical (unpaired) electrons. The predicted octanol–water partition coefficient (Wildman–Crippen LogP) is 4.55. The molecule has 0 aliphatic rings. The molecule has 1 aromatic heterocycles. The van der Waals surface area contributed by atoms with Crippen molar-refractivity contribution in [2.75, 3.05) is 11.9 Å². The standard InChI is InChI=1S/C21H22N2O3S/c1-2-26-17-10-8-16(9-11-17)23-21(25)22-14-18-12-13-19(27-18)20(24)15-6-4-3-5-7-15/h3-13,20,24H,2,14H2,1H3,(H2,22,23,25)/t20-/m1/s1. The van der Waals surface area contributed by atoms with E-state index in [1.165, 1.54) is 11.3 Å². The molecular weight excluding hydrogens is 360 g/mol. The molecule has 0 fully saturated rings. The highest BCUT2D eigenvalue weighted by molar-refractivity contribution is 7.12. The van der Waals surface area contributed by atoms with E-state index in [4.69, 9.17) is 4.74 Å². The zero-order valence-corrected chi connectivity index (χ0v) is 15.8. The van der Waals surface area contributed by atoms with Gasteiger partial charge in [-0.1, -0.05) is 30.3 Å². The lowest BCUT2D eigenvalue weighted by molar-refractivity contribution is 0.224. The molecule has 3 rings (SSSR count). The number of benzene rings is 2. The molecule has 2 aromatic carbocycles. The Morgan fingerprint density at radius 1 is 1.07 bits per heavy atom. The van der Waals surface area contributed by atoms with E-state index in [2.05, 4.69) is 10.6 Å². The van der Waals surface area contributed by atoms with Gasteiger partial charge in [-0.2, -0.15) is 0 Å². The predicted molar refractivity (Wildman–Crippen MR) is 108 cm³/mol. The molecule has 0 saturated heterocycles. The van der Waals surface area contributed by atoms with Crippen LogP contribution >= 0.6 is 11.3 Å². The van der Waals surface area contributed by atoms with Gasteiger partial charge < -0.3 is 20.5 Å². The van der Waals surface area contributed by atoms with Crippen LogP contribution in [0.1, 0.15) is 28.3 Å². The number of amides is 2. The lowest BCUT2D eigenvalue weighted by Gasteiger charge is -2.09. The average Bonchev–Trinajstić information content (AvgIpc) is 3.17. The van der Waals surface area contributed by atoms with Gasteiger partial charge in [-0.25, -0.2) is 4.79 Å². The molecule has 0 aliphatic heterocycles. The lowest BCUT2D eigenvalue weighted by Crippen LogP contribution is -2.27. The van der Waals surface area contributed by atoms with Crippen LogP contribution < -0.4 is 15.4 Å². The summed E-state index contributed by atoms with van der Waals surface area (Å²) >= 11 is 1.48. The molecule has 0 aliphatic carbocycles. The van der Waals surface area contributed by atoms with E-state index in [9.17, 15) is 9.90 Å². The fourth-order valence-electron chi connectivity index (χ4n) is 2.58. The van der Waals surface area contributed by atoms with Gasteiger partial charge >= 0.3 is 6.03 Å². The number of urea groups is 1. The maximum atomic E-state index is 12.1. The van der Waals surface area contributed by atoms with Gasteiger partial charge in [0.25, 0.3) is 0 Å². The van der Waals surface area contributed by atoms with Crippen molar-refractivity contribution >= 4 is 23.1 Å². The van der Waals surface area contributed by atoms with Gasteiger partial charge in [0.1, 0.15) is 11.9 Å². The van der Waals surface area contributed by atoms with Crippen molar-refractivity contribution < 1.29 is 14.6 Å². The van der Waals surface area contributed by atoms with Crippen molar-refractivity contribution in [3.05, 3.63) is 82.0 Å². The van der Waals surface area contributed by atoms with E-state index >= 15 is 0 Å². The summed E-state index contributed by atoms with van der Waals surface area (Å²) < 4.78 is 5.38. The van der Waals surface area contributed by atoms with Gasteiger partial charge in [0, 0.05) is 15.4 Å². The molecule has 2 amide bonds. The van der Waals surface area contributed by atoms with Crippen LogP contribution in [0.4, 0.5) is 10.5 Å². The number of rotatable bonds is 7. The van der Waals surface area contributed by atoms with E-state index in [0.717, 1.165) is 21.1 Å². The first-order valence-electron chi connectivity index (χ1n) is 8.75. The van der Waals surface area contributed by atoms with Crippen molar-refractivity contribution in [3.8, 4) is 5.75 Å². The Morgan fingerprint density at radius 2 is 1.81 bits per heavy atom. The number of nitrogens with one attached hydrogen (secondary N) is 2. The minimum Gasteiger partial charge on any atom is -0.494 e. The SMILES string of the molecule is CCOc1ccc(NC(=O)NCc2ccc([C@H](O)c3ccccc3)s2)cc1. The van der Waals surface area contributed by atoms with E-state index in [1.807, 2.05) is 61.5 Å². The fourth-order valence-corrected chi connectivity index (χ4v) is 3.55. The number of thiophene rings is 1. The highest BCUT2D eigenvalue weighted by atomic mass is 32.1. The van der Waals surface area contributed by atoms with Crippen LogP contribution in [0.3, 0.4) is 0 Å². The molecule has 1 heterocycles. The highest BCUT2D eigenvalue weighted by Crippen LogP contribution is 2.28. The number of carbonyl (C=O) groups excluding carboxylic acids is 1. The molecule has 0 unspecified atom stereocenters. The van der Waals surface area contributed by atoms with Gasteiger partial charge in [0.2, 0.25) is 0 Å². The van der Waals surface area contributed by atoms with Gasteiger partial charge in [-0.15, -0.1) is 11.3 Å². The van der Waals surface area contributed by atoms with Crippen LogP contribution in [0.5, 0.6) is 5.75 Å². The second-order valence-electron chi connectivity index (χ2n) is 5.88. The Kier molecular flexibility index (Phi) is 6.46. The molecule has 0 bridgehead atoms. The molecule has 5 nitrogen and oxygen atoms in total. The van der Waals surface area contributed by atoms with Crippen molar-refractivity contribution in [1.29, 1.82) is 0 Å². The van der Waals surface area contributed by atoms with Crippen molar-refractivity contribution in [2.45, 2.75) is 19.6 Å². The largest absolute Gasteiger partial charge is 0.494 e. The summed E-state index contributed by atoms with van der Waals surface area (Å²) in [6, 6.07) is 20.3. The number of anilines is 1. The smallest absolute Gasteiger partial charge is 0.319 e. The molecule has 0 saturated carbocycles. The van der Waals surface area contributed by atoms with Crippen LogP contribution in [0.15, 0.2) is 66.7 Å². The topological polar surface area (TPSA) is 70.6 Å². The number of carbonyl (C=O) groups is 1. The third-order valence-corrected chi connectivity index (χ3v) is 5.05. The fraction of sp³-hybridized carbons (Fsp3) is 0.190. The van der Waals surface area contributed by atoms with Crippen LogP contribution in [0.2, 0.25) is 0 Å². The molecule has 1 atom stereocenters. The van der Waals surface area contributed by atoms with Crippen molar-refractivity contribution in [2.24, 2.45) is 0 Å². The summed E-state index contributed by atoms with van der Waals surface area (Å²) in [7, 11) is 0. The number of hydrogen-bond acceptors (Lipinski definition) is 4. The molecule has 0 spiro atoms. The van der Waals surface area contributed by atoms with Gasteiger partial charge in [-0.05, 0) is 48.9 Å². The van der Waals surface area contributed by atoms with Crippen LogP contribution in [0.25, 0.3) is 0 Å². The summed E-state index contributed by atoms with van der Waals surface area (Å²) in [6.07, 6.45) is -0.650. The van der Waals surface area contributed by atoms with Crippen LogP contribution in [-0.4, -0.2) is 17.7 Å². The Labute approximate surface area is 162 Å². The van der Waals surface area contributed by atoms with Crippen molar-refractivity contribution in [1.82, 2.24) is 5.32 Å². The monoisotopic (exact) mass is 382 g/mol. The third-order valence-electron chi connectivity index (χ3n) is 3.91. The zero-order valence-electron chi connectivity index (χ0n) is 15.0. The second-order valence-corrected chi connectivity index (χ2v) is 7.08. The first-order valence-corrected chi connectivity index (χ1v) is 9.56. The number of aliphatic hydroxyl groups is 1. The summed E-state index contributed by atoms with van der Waals surface area (Å²) in [6.45, 7) is 2.93. The van der Waals surface area contributed by atoms with Crippen LogP contribution in [-0.2, 0) is 6.54 Å². The average molecular weight is 382 g/mol. The normalized spacial score (nSPS) is 11.6. The number of aliphatic hydroxyl groups excluding tert-OH is 1. The number of hydrogen-bond donors (Lipinski definition) is 3. The molecule has 6 heteroatoms. The first-order chi connectivity index (χ1) is 13.2. The zero-order chi connectivity index (χ0) is 19.1. The summed E-state index contributed by atoms with van der Waals surface area (Å²) in [5.41, 5.74) is 1.55. The van der Waals surface area contributed by atoms with E-state index in [-0.39, 0.29) is 6.03 Å². The second kappa shape index (κ2) is 9.21. The van der Waals surface area contributed by atoms with E-state index < -0.39 is 6.10 Å². The van der Waals surface area contributed by atoms with E-state index in [1.54, 1.807) is 12.1 Å². The summed E-state index contributed by atoms with van der Waals surface area (Å²) in [5, 5.41) is 16.1. The minimum atomic E-state index is -0.650. The molecule has 3 aromatic rings. The maximum absolute atomic E-state index is 12.1. The molecule has 3 N–H and O–H groups in total.